The topological polar surface area (TPSA) is 92.8 Å². The summed E-state index contributed by atoms with van der Waals surface area (Å²) in [6, 6.07) is 12.8. The molecule has 0 radical (unpaired) electrons. The predicted molar refractivity (Wildman–Crippen MR) is 69.4 cm³/mol. The van der Waals surface area contributed by atoms with E-state index in [0.29, 0.717) is 5.75 Å². The van der Waals surface area contributed by atoms with Crippen molar-refractivity contribution < 1.29 is 19.6 Å². The number of nitrogens with zero attached hydrogens (tertiary/aromatic N) is 1. The van der Waals surface area contributed by atoms with E-state index < -0.39 is 12.2 Å². The molecule has 2 aromatic rings. The Labute approximate surface area is 109 Å². The minimum absolute atomic E-state index is 0.0344. The van der Waals surface area contributed by atoms with E-state index in [1.54, 1.807) is 36.4 Å². The van der Waals surface area contributed by atoms with Crippen LogP contribution in [0.2, 0.25) is 0 Å². The van der Waals surface area contributed by atoms with Gasteiger partial charge in [0.2, 0.25) is 0 Å². The van der Waals surface area contributed by atoms with Gasteiger partial charge in [-0.2, -0.15) is 0 Å². The number of nitro benzene ring substituents is 1. The lowest BCUT2D eigenvalue weighted by atomic mass is 10.1. The minimum atomic E-state index is -1.86. The molecule has 0 aliphatic rings. The Bertz CT molecular complexity index is 568. The minimum Gasteiger partial charge on any atom is -0.512 e. The largest absolute Gasteiger partial charge is 0.707 e. The molecular formula is C12H10BNO5. The molecule has 96 valence electrons. The predicted octanol–water partition coefficient (Wildman–Crippen LogP) is 1.61. The van der Waals surface area contributed by atoms with Crippen molar-refractivity contribution in [1.82, 2.24) is 0 Å². The Kier molecular flexibility index (Phi) is 3.79. The molecular weight excluding hydrogens is 249 g/mol. The first-order valence-electron chi connectivity index (χ1n) is 5.44. The normalized spacial score (nSPS) is 10.0. The lowest BCUT2D eigenvalue weighted by Gasteiger charge is -2.06. The van der Waals surface area contributed by atoms with E-state index in [9.17, 15) is 10.1 Å². The van der Waals surface area contributed by atoms with Crippen molar-refractivity contribution in [3.8, 4) is 16.9 Å². The maximum atomic E-state index is 10.5. The van der Waals surface area contributed by atoms with E-state index in [-0.39, 0.29) is 5.69 Å². The van der Waals surface area contributed by atoms with Crippen LogP contribution in [0.5, 0.6) is 5.75 Å². The second-order valence-electron chi connectivity index (χ2n) is 3.77. The van der Waals surface area contributed by atoms with Crippen LogP contribution in [0.1, 0.15) is 0 Å². The average molecular weight is 259 g/mol. The van der Waals surface area contributed by atoms with Crippen LogP contribution in [0.25, 0.3) is 11.1 Å². The fourth-order valence-corrected chi connectivity index (χ4v) is 1.62. The zero-order valence-electron chi connectivity index (χ0n) is 9.76. The van der Waals surface area contributed by atoms with Crippen molar-refractivity contribution in [3.05, 3.63) is 58.6 Å². The van der Waals surface area contributed by atoms with Gasteiger partial charge in [0.05, 0.1) is 4.92 Å². The third-order valence-corrected chi connectivity index (χ3v) is 2.51. The fourth-order valence-electron chi connectivity index (χ4n) is 1.62. The standard InChI is InChI=1S/C12H10BNO5/c15-13(16)19-12-7-3-10(4-8-12)9-1-5-11(6-2-9)14(17)18/h1-8,15-16H. The first kappa shape index (κ1) is 13.1. The molecule has 0 aliphatic carbocycles. The van der Waals surface area contributed by atoms with Gasteiger partial charge >= 0.3 is 7.32 Å². The summed E-state index contributed by atoms with van der Waals surface area (Å²) in [5, 5.41) is 27.8. The van der Waals surface area contributed by atoms with Gasteiger partial charge < -0.3 is 14.7 Å². The molecule has 2 rings (SSSR count). The average Bonchev–Trinajstić information content (AvgIpc) is 2.39. The molecule has 2 aromatic carbocycles. The Morgan fingerprint density at radius 3 is 1.84 bits per heavy atom. The molecule has 2 N–H and O–H groups in total. The molecule has 0 bridgehead atoms. The van der Waals surface area contributed by atoms with Crippen LogP contribution in [-0.2, 0) is 0 Å². The summed E-state index contributed by atoms with van der Waals surface area (Å²) in [7, 11) is -1.86. The summed E-state index contributed by atoms with van der Waals surface area (Å²) in [5.41, 5.74) is 1.70. The van der Waals surface area contributed by atoms with Gasteiger partial charge in [0.25, 0.3) is 5.69 Å². The van der Waals surface area contributed by atoms with Crippen molar-refractivity contribution in [1.29, 1.82) is 0 Å². The Balaban J connectivity index is 2.19. The Morgan fingerprint density at radius 2 is 1.42 bits per heavy atom. The zero-order chi connectivity index (χ0) is 13.8. The van der Waals surface area contributed by atoms with Crippen LogP contribution < -0.4 is 4.65 Å². The van der Waals surface area contributed by atoms with E-state index in [2.05, 4.69) is 4.65 Å². The summed E-state index contributed by atoms with van der Waals surface area (Å²) < 4.78 is 4.68. The van der Waals surface area contributed by atoms with Gasteiger partial charge in [0.15, 0.2) is 0 Å². The lowest BCUT2D eigenvalue weighted by molar-refractivity contribution is -0.384. The van der Waals surface area contributed by atoms with Crippen LogP contribution in [-0.4, -0.2) is 22.3 Å². The van der Waals surface area contributed by atoms with Crippen molar-refractivity contribution in [2.75, 3.05) is 0 Å². The third kappa shape index (κ3) is 3.31. The van der Waals surface area contributed by atoms with Crippen LogP contribution in [0.15, 0.2) is 48.5 Å². The van der Waals surface area contributed by atoms with Crippen molar-refractivity contribution in [2.24, 2.45) is 0 Å². The van der Waals surface area contributed by atoms with Gasteiger partial charge in [-0.15, -0.1) is 0 Å². The fraction of sp³-hybridized carbons (Fsp3) is 0. The molecule has 0 aliphatic heterocycles. The van der Waals surface area contributed by atoms with Gasteiger partial charge in [-0.05, 0) is 35.4 Å². The molecule has 0 heterocycles. The van der Waals surface area contributed by atoms with E-state index in [1.165, 1.54) is 12.1 Å². The third-order valence-electron chi connectivity index (χ3n) is 2.51. The lowest BCUT2D eigenvalue weighted by Crippen LogP contribution is -2.20. The van der Waals surface area contributed by atoms with Gasteiger partial charge in [-0.25, -0.2) is 0 Å². The van der Waals surface area contributed by atoms with E-state index in [0.717, 1.165) is 11.1 Å². The second kappa shape index (κ2) is 5.51. The number of rotatable bonds is 4. The maximum absolute atomic E-state index is 10.5. The SMILES string of the molecule is O=[N+]([O-])c1ccc(-c2ccc(OB(O)O)cc2)cc1. The molecule has 0 atom stereocenters. The molecule has 0 fully saturated rings. The Hall–Kier alpha value is -2.38. The van der Waals surface area contributed by atoms with Crippen LogP contribution >= 0.6 is 0 Å². The van der Waals surface area contributed by atoms with Crippen LogP contribution in [0.4, 0.5) is 5.69 Å². The summed E-state index contributed by atoms with van der Waals surface area (Å²) >= 11 is 0. The smallest absolute Gasteiger partial charge is 0.512 e. The summed E-state index contributed by atoms with van der Waals surface area (Å²) in [6.07, 6.45) is 0. The van der Waals surface area contributed by atoms with Gasteiger partial charge in [0, 0.05) is 12.1 Å². The van der Waals surface area contributed by atoms with E-state index in [4.69, 9.17) is 10.0 Å². The highest BCUT2D eigenvalue weighted by Gasteiger charge is 2.11. The second-order valence-corrected chi connectivity index (χ2v) is 3.77. The monoisotopic (exact) mass is 259 g/mol. The molecule has 0 amide bonds. The molecule has 0 unspecified atom stereocenters. The van der Waals surface area contributed by atoms with Crippen molar-refractivity contribution >= 4 is 13.0 Å². The quantitative estimate of drug-likeness (QED) is 0.494. The molecule has 0 aromatic heterocycles. The van der Waals surface area contributed by atoms with Gasteiger partial charge in [0.1, 0.15) is 5.75 Å². The van der Waals surface area contributed by atoms with E-state index in [1.807, 2.05) is 0 Å². The van der Waals surface area contributed by atoms with Crippen LogP contribution in [0, 0.1) is 10.1 Å². The first-order valence-corrected chi connectivity index (χ1v) is 5.44. The van der Waals surface area contributed by atoms with Crippen molar-refractivity contribution in [2.45, 2.75) is 0 Å². The molecule has 0 spiro atoms. The number of hydrogen-bond acceptors (Lipinski definition) is 5. The molecule has 7 heteroatoms. The summed E-state index contributed by atoms with van der Waals surface area (Å²) in [5.74, 6) is 0.320. The number of hydrogen-bond donors (Lipinski definition) is 2. The maximum Gasteiger partial charge on any atom is 0.707 e. The van der Waals surface area contributed by atoms with Gasteiger partial charge in [-0.3, -0.25) is 10.1 Å². The molecule has 6 nitrogen and oxygen atoms in total. The summed E-state index contributed by atoms with van der Waals surface area (Å²) in [6.45, 7) is 0. The Morgan fingerprint density at radius 1 is 0.947 bits per heavy atom. The highest BCUT2D eigenvalue weighted by Crippen LogP contribution is 2.24. The number of non-ortho nitro benzene ring substituents is 1. The highest BCUT2D eigenvalue weighted by molar-refractivity contribution is 6.33. The number of benzene rings is 2. The molecule has 0 saturated carbocycles. The molecule has 0 saturated heterocycles. The number of nitro groups is 1. The zero-order valence-corrected chi connectivity index (χ0v) is 9.76. The van der Waals surface area contributed by atoms with Crippen molar-refractivity contribution in [3.63, 3.8) is 0 Å². The van der Waals surface area contributed by atoms with E-state index >= 15 is 0 Å². The van der Waals surface area contributed by atoms with Gasteiger partial charge in [-0.1, -0.05) is 12.1 Å². The molecule has 19 heavy (non-hydrogen) atoms. The highest BCUT2D eigenvalue weighted by atomic mass is 16.6. The van der Waals surface area contributed by atoms with Crippen LogP contribution in [0.3, 0.4) is 0 Å². The first-order chi connectivity index (χ1) is 9.06. The summed E-state index contributed by atoms with van der Waals surface area (Å²) in [4.78, 5) is 10.1.